The molecule has 0 fully saturated rings. The van der Waals surface area contributed by atoms with Gasteiger partial charge in [0, 0.05) is 52.1 Å². The molecular weight excluding hydrogens is 649 g/mol. The Labute approximate surface area is 276 Å². The van der Waals surface area contributed by atoms with Gasteiger partial charge in [-0.2, -0.15) is 0 Å². The molecule has 4 amide bonds. The van der Waals surface area contributed by atoms with E-state index < -0.39 is 33.5 Å². The summed E-state index contributed by atoms with van der Waals surface area (Å²) in [7, 11) is 0. The number of thioether (sulfide) groups is 2. The van der Waals surface area contributed by atoms with Gasteiger partial charge in [0.2, 0.25) is 0 Å². The fourth-order valence-corrected chi connectivity index (χ4v) is 5.85. The predicted molar refractivity (Wildman–Crippen MR) is 175 cm³/mol. The van der Waals surface area contributed by atoms with Gasteiger partial charge < -0.3 is 5.11 Å². The van der Waals surface area contributed by atoms with E-state index >= 15 is 0 Å². The number of nitro benzene ring substituents is 2. The Bertz CT molecular complexity index is 1820. The van der Waals surface area contributed by atoms with Crippen molar-refractivity contribution in [2.75, 3.05) is 24.7 Å². The number of hydrogen-bond donors (Lipinski definition) is 2. The summed E-state index contributed by atoms with van der Waals surface area (Å²) in [5.74, 6) is -0.619. The maximum atomic E-state index is 12.3. The van der Waals surface area contributed by atoms with Crippen LogP contribution < -0.4 is 5.32 Å². The minimum Gasteiger partial charge on any atom is -0.396 e. The Morgan fingerprint density at radius 1 is 0.617 bits per heavy atom. The molecule has 2 heterocycles. The summed E-state index contributed by atoms with van der Waals surface area (Å²) in [4.78, 5) is 70.1. The van der Waals surface area contributed by atoms with Crippen LogP contribution in [0, 0.1) is 20.2 Å². The van der Waals surface area contributed by atoms with Crippen molar-refractivity contribution < 1.29 is 34.1 Å². The van der Waals surface area contributed by atoms with Crippen LogP contribution in [0.3, 0.4) is 0 Å². The van der Waals surface area contributed by atoms with Crippen LogP contribution >= 0.6 is 23.5 Å². The molecule has 2 aliphatic rings. The Morgan fingerprint density at radius 3 is 1.62 bits per heavy atom. The summed E-state index contributed by atoms with van der Waals surface area (Å²) in [5.41, 5.74) is 0.183. The molecule has 0 saturated heterocycles. The minimum atomic E-state index is -0.615. The molecular formula is C32H26N4O9S2. The van der Waals surface area contributed by atoms with E-state index in [4.69, 9.17) is 5.11 Å². The van der Waals surface area contributed by atoms with Gasteiger partial charge in [0.15, 0.2) is 0 Å². The molecule has 0 spiro atoms. The molecule has 4 aromatic rings. The summed E-state index contributed by atoms with van der Waals surface area (Å²) in [6, 6.07) is 27.1. The lowest BCUT2D eigenvalue weighted by Crippen LogP contribution is -2.31. The first-order chi connectivity index (χ1) is 22.6. The van der Waals surface area contributed by atoms with Crippen LogP contribution in [0.4, 0.5) is 11.4 Å². The van der Waals surface area contributed by atoms with Crippen molar-refractivity contribution in [1.82, 2.24) is 10.2 Å². The third-order valence-electron chi connectivity index (χ3n) is 6.53. The van der Waals surface area contributed by atoms with E-state index in [0.717, 1.165) is 21.6 Å². The van der Waals surface area contributed by atoms with Crippen molar-refractivity contribution in [2.45, 2.75) is 9.79 Å². The number of rotatable bonds is 9. The maximum Gasteiger partial charge on any atom is 0.270 e. The second-order valence-electron chi connectivity index (χ2n) is 9.57. The number of amides is 4. The number of aliphatic hydroxyl groups excluding tert-OH is 1. The molecule has 15 heteroatoms. The number of benzene rings is 4. The SMILES string of the molecule is O=C1NC(=O)c2cc([N+](=O)[O-])ccc21.O=C1c2ccc([N+](=O)[O-])cc2C(=O)N1CCSc1ccccc1.OCCSc1ccccc1. The number of nitrogens with one attached hydrogen (secondary N) is 1. The highest BCUT2D eigenvalue weighted by atomic mass is 32.2. The Balaban J connectivity index is 0.000000177. The minimum absolute atomic E-state index is 0.0594. The molecule has 240 valence electrons. The number of carbonyl (C=O) groups is 4. The first kappa shape index (κ1) is 34.5. The van der Waals surface area contributed by atoms with Crippen LogP contribution in [0.1, 0.15) is 41.4 Å². The Hall–Kier alpha value is -5.38. The first-order valence-corrected chi connectivity index (χ1v) is 15.8. The molecule has 0 radical (unpaired) electrons. The van der Waals surface area contributed by atoms with Crippen molar-refractivity contribution in [2.24, 2.45) is 0 Å². The predicted octanol–water partition coefficient (Wildman–Crippen LogP) is 5.23. The molecule has 13 nitrogen and oxygen atoms in total. The average molecular weight is 675 g/mol. The van der Waals surface area contributed by atoms with Gasteiger partial charge in [0.1, 0.15) is 0 Å². The van der Waals surface area contributed by atoms with Gasteiger partial charge in [-0.1, -0.05) is 36.4 Å². The molecule has 2 aliphatic heterocycles. The van der Waals surface area contributed by atoms with Gasteiger partial charge in [0.25, 0.3) is 35.0 Å². The topological polar surface area (TPSA) is 190 Å². The average Bonchev–Trinajstić information content (AvgIpc) is 3.51. The van der Waals surface area contributed by atoms with E-state index in [1.165, 1.54) is 35.2 Å². The van der Waals surface area contributed by atoms with Gasteiger partial charge in [-0.05, 0) is 36.4 Å². The van der Waals surface area contributed by atoms with E-state index in [9.17, 15) is 39.4 Å². The zero-order valence-corrected chi connectivity index (χ0v) is 26.1. The zero-order valence-electron chi connectivity index (χ0n) is 24.4. The van der Waals surface area contributed by atoms with E-state index in [-0.39, 0.29) is 46.8 Å². The van der Waals surface area contributed by atoms with Crippen LogP contribution in [0.15, 0.2) is 107 Å². The Morgan fingerprint density at radius 2 is 1.09 bits per heavy atom. The second kappa shape index (κ2) is 16.3. The van der Waals surface area contributed by atoms with Crippen LogP contribution in [-0.4, -0.2) is 68.1 Å². The first-order valence-electron chi connectivity index (χ1n) is 13.9. The van der Waals surface area contributed by atoms with Crippen molar-refractivity contribution >= 4 is 58.5 Å². The van der Waals surface area contributed by atoms with Crippen LogP contribution in [0.2, 0.25) is 0 Å². The van der Waals surface area contributed by atoms with E-state index in [1.54, 1.807) is 23.5 Å². The fourth-order valence-electron chi connectivity index (χ4n) is 4.32. The van der Waals surface area contributed by atoms with E-state index in [0.29, 0.717) is 5.75 Å². The standard InChI is InChI=1S/C16H12N2O4S.C8H4N2O4.C8H10OS/c19-15-13-7-6-11(18(21)22)10-14(13)16(20)17(15)8-9-23-12-4-2-1-3-5-12;11-7-5-2-1-4(10(13)14)3-6(5)8(12)9-7;9-6-7-10-8-4-2-1-3-5-8/h1-7,10H,8-9H2;1-3H,(H,9,11,12);1-5,9H,6-7H2. The molecule has 0 atom stereocenters. The lowest BCUT2D eigenvalue weighted by atomic mass is 10.1. The summed E-state index contributed by atoms with van der Waals surface area (Å²) >= 11 is 3.21. The van der Waals surface area contributed by atoms with Gasteiger partial charge in [-0.15, -0.1) is 23.5 Å². The van der Waals surface area contributed by atoms with Crippen LogP contribution in [-0.2, 0) is 0 Å². The molecule has 0 aromatic heterocycles. The number of fused-ring (bicyclic) bond motifs is 2. The van der Waals surface area contributed by atoms with Gasteiger partial charge >= 0.3 is 0 Å². The molecule has 6 rings (SSSR count). The molecule has 0 saturated carbocycles. The number of hydrogen-bond acceptors (Lipinski definition) is 11. The van der Waals surface area contributed by atoms with Crippen molar-refractivity contribution in [3.05, 3.63) is 140 Å². The third-order valence-corrected chi connectivity index (χ3v) is 8.51. The van der Waals surface area contributed by atoms with Crippen LogP contribution in [0.5, 0.6) is 0 Å². The number of aliphatic hydroxyl groups is 1. The highest BCUT2D eigenvalue weighted by Crippen LogP contribution is 2.28. The van der Waals surface area contributed by atoms with Gasteiger partial charge in [-0.3, -0.25) is 49.6 Å². The smallest absolute Gasteiger partial charge is 0.270 e. The van der Waals surface area contributed by atoms with Crippen molar-refractivity contribution in [3.63, 3.8) is 0 Å². The fraction of sp³-hybridized carbons (Fsp3) is 0.125. The zero-order chi connectivity index (χ0) is 33.9. The van der Waals surface area contributed by atoms with Gasteiger partial charge in [0.05, 0.1) is 38.7 Å². The summed E-state index contributed by atoms with van der Waals surface area (Å²) in [6.45, 7) is 0.513. The van der Waals surface area contributed by atoms with E-state index in [2.05, 4.69) is 0 Å². The summed E-state index contributed by atoms with van der Waals surface area (Å²) in [6.07, 6.45) is 0. The number of carbonyl (C=O) groups excluding carboxylic acids is 4. The quantitative estimate of drug-likeness (QED) is 0.102. The largest absolute Gasteiger partial charge is 0.396 e. The number of imide groups is 2. The van der Waals surface area contributed by atoms with Gasteiger partial charge in [-0.25, -0.2) is 0 Å². The summed E-state index contributed by atoms with van der Waals surface area (Å²) < 4.78 is 0. The highest BCUT2D eigenvalue weighted by Gasteiger charge is 2.36. The highest BCUT2D eigenvalue weighted by molar-refractivity contribution is 7.99. The lowest BCUT2D eigenvalue weighted by Gasteiger charge is -2.13. The maximum absolute atomic E-state index is 12.3. The number of non-ortho nitro benzene ring substituents is 2. The normalized spacial score (nSPS) is 12.7. The Kier molecular flexibility index (Phi) is 11.9. The molecule has 0 aliphatic carbocycles. The molecule has 2 N–H and O–H groups in total. The molecule has 4 aromatic carbocycles. The third kappa shape index (κ3) is 8.88. The van der Waals surface area contributed by atoms with Crippen molar-refractivity contribution in [3.8, 4) is 0 Å². The number of nitrogens with zero attached hydrogens (tertiary/aromatic N) is 3. The van der Waals surface area contributed by atoms with Crippen LogP contribution in [0.25, 0.3) is 0 Å². The molecule has 0 bridgehead atoms. The second-order valence-corrected chi connectivity index (χ2v) is 11.9. The van der Waals surface area contributed by atoms with E-state index in [1.807, 2.05) is 66.0 Å². The number of nitro groups is 2. The monoisotopic (exact) mass is 674 g/mol. The van der Waals surface area contributed by atoms with Crippen molar-refractivity contribution in [1.29, 1.82) is 0 Å². The molecule has 0 unspecified atom stereocenters. The summed E-state index contributed by atoms with van der Waals surface area (Å²) in [5, 5.41) is 31.7. The molecule has 47 heavy (non-hydrogen) atoms. The lowest BCUT2D eigenvalue weighted by molar-refractivity contribution is -0.385.